The van der Waals surface area contributed by atoms with E-state index in [9.17, 15) is 4.79 Å². The molecule has 3 rings (SSSR count). The summed E-state index contributed by atoms with van der Waals surface area (Å²) in [7, 11) is 6.34. The van der Waals surface area contributed by atoms with Gasteiger partial charge in [-0.05, 0) is 36.8 Å². The number of aromatic nitrogens is 3. The summed E-state index contributed by atoms with van der Waals surface area (Å²) in [5, 5.41) is 12.2. The third-order valence-corrected chi connectivity index (χ3v) is 5.90. The van der Waals surface area contributed by atoms with Gasteiger partial charge in [-0.15, -0.1) is 10.2 Å². The van der Waals surface area contributed by atoms with Crippen LogP contribution in [-0.2, 0) is 17.8 Å². The number of methoxy groups -OCH3 is 4. The van der Waals surface area contributed by atoms with E-state index in [0.29, 0.717) is 46.8 Å². The van der Waals surface area contributed by atoms with E-state index >= 15 is 0 Å². The van der Waals surface area contributed by atoms with Crippen molar-refractivity contribution in [2.45, 2.75) is 25.0 Å². The molecule has 0 spiro atoms. The first kappa shape index (κ1) is 24.2. The molecule has 0 aliphatic carbocycles. The van der Waals surface area contributed by atoms with Crippen LogP contribution in [0.5, 0.6) is 23.0 Å². The first-order valence-electron chi connectivity index (χ1n) is 10.3. The summed E-state index contributed by atoms with van der Waals surface area (Å²) >= 11 is 1.33. The van der Waals surface area contributed by atoms with Gasteiger partial charge in [0.2, 0.25) is 5.91 Å². The predicted molar refractivity (Wildman–Crippen MR) is 127 cm³/mol. The maximum atomic E-state index is 12.6. The minimum atomic E-state index is -0.182. The number of benzene rings is 2. The molecule has 33 heavy (non-hydrogen) atoms. The number of rotatable bonds is 11. The molecule has 2 aromatic carbocycles. The van der Waals surface area contributed by atoms with Crippen LogP contribution in [-0.4, -0.2) is 54.9 Å². The molecule has 1 heterocycles. The lowest BCUT2D eigenvalue weighted by atomic mass is 10.1. The van der Waals surface area contributed by atoms with Crippen molar-refractivity contribution >= 4 is 23.4 Å². The van der Waals surface area contributed by atoms with E-state index in [-0.39, 0.29) is 11.7 Å². The zero-order valence-corrected chi connectivity index (χ0v) is 20.2. The highest BCUT2D eigenvalue weighted by Gasteiger charge is 2.16. The van der Waals surface area contributed by atoms with Gasteiger partial charge in [0.25, 0.3) is 0 Å². The van der Waals surface area contributed by atoms with Crippen LogP contribution in [0.25, 0.3) is 0 Å². The molecule has 0 aliphatic heterocycles. The number of hydrogen-bond donors (Lipinski definition) is 1. The van der Waals surface area contributed by atoms with E-state index in [0.717, 1.165) is 11.4 Å². The molecule has 3 aromatic rings. The number of thioether (sulfide) groups is 1. The first-order chi connectivity index (χ1) is 16.0. The first-order valence-corrected chi connectivity index (χ1v) is 11.3. The van der Waals surface area contributed by atoms with Gasteiger partial charge in [-0.3, -0.25) is 4.79 Å². The molecule has 0 saturated carbocycles. The SMILES string of the molecule is CCn1c(Cc2ccc(OC)c(OC)c2)nnc1SCC(=O)Nc1cc(OC)ccc1OC. The van der Waals surface area contributed by atoms with Gasteiger partial charge in [-0.1, -0.05) is 17.8 Å². The van der Waals surface area contributed by atoms with Gasteiger partial charge in [0.1, 0.15) is 17.3 Å². The molecule has 1 aromatic heterocycles. The Morgan fingerprint density at radius 3 is 2.33 bits per heavy atom. The van der Waals surface area contributed by atoms with Crippen molar-refractivity contribution in [3.63, 3.8) is 0 Å². The van der Waals surface area contributed by atoms with Gasteiger partial charge in [-0.2, -0.15) is 0 Å². The van der Waals surface area contributed by atoms with Crippen LogP contribution in [0.4, 0.5) is 5.69 Å². The van der Waals surface area contributed by atoms with E-state index < -0.39 is 0 Å². The molecule has 0 unspecified atom stereocenters. The van der Waals surface area contributed by atoms with Crippen LogP contribution in [0.3, 0.4) is 0 Å². The van der Waals surface area contributed by atoms with Gasteiger partial charge in [0.15, 0.2) is 16.7 Å². The number of carbonyl (C=O) groups is 1. The average molecular weight is 473 g/mol. The highest BCUT2D eigenvalue weighted by molar-refractivity contribution is 7.99. The van der Waals surface area contributed by atoms with Crippen LogP contribution >= 0.6 is 11.8 Å². The summed E-state index contributed by atoms with van der Waals surface area (Å²) in [6.45, 7) is 2.70. The Morgan fingerprint density at radius 2 is 1.67 bits per heavy atom. The summed E-state index contributed by atoms with van der Waals surface area (Å²) in [5.41, 5.74) is 1.57. The molecule has 0 atom stereocenters. The Hall–Kier alpha value is -3.40. The fraction of sp³-hybridized carbons (Fsp3) is 0.348. The summed E-state index contributed by atoms with van der Waals surface area (Å²) in [6, 6.07) is 11.0. The van der Waals surface area contributed by atoms with Gasteiger partial charge in [0, 0.05) is 19.0 Å². The second-order valence-corrected chi connectivity index (χ2v) is 7.85. The number of amides is 1. The van der Waals surface area contributed by atoms with Crippen LogP contribution in [0.15, 0.2) is 41.6 Å². The van der Waals surface area contributed by atoms with Crippen molar-refractivity contribution in [3.05, 3.63) is 47.8 Å². The number of anilines is 1. The van der Waals surface area contributed by atoms with Crippen molar-refractivity contribution in [1.82, 2.24) is 14.8 Å². The highest BCUT2D eigenvalue weighted by atomic mass is 32.2. The quantitative estimate of drug-likeness (QED) is 0.423. The number of nitrogens with one attached hydrogen (secondary N) is 1. The van der Waals surface area contributed by atoms with Crippen molar-refractivity contribution in [2.75, 3.05) is 39.5 Å². The van der Waals surface area contributed by atoms with E-state index in [1.165, 1.54) is 11.8 Å². The van der Waals surface area contributed by atoms with Crippen molar-refractivity contribution < 1.29 is 23.7 Å². The van der Waals surface area contributed by atoms with Crippen molar-refractivity contribution in [2.24, 2.45) is 0 Å². The fourth-order valence-corrected chi connectivity index (χ4v) is 4.10. The Labute approximate surface area is 197 Å². The van der Waals surface area contributed by atoms with Crippen LogP contribution in [0.2, 0.25) is 0 Å². The van der Waals surface area contributed by atoms with E-state index in [1.54, 1.807) is 46.6 Å². The Kier molecular flexibility index (Phi) is 8.42. The molecule has 0 aliphatic rings. The predicted octanol–water partition coefficient (Wildman–Crippen LogP) is 3.65. The van der Waals surface area contributed by atoms with Gasteiger partial charge in [0.05, 0.1) is 39.9 Å². The molecular formula is C23H28N4O5S. The molecule has 1 N–H and O–H groups in total. The van der Waals surface area contributed by atoms with Crippen LogP contribution < -0.4 is 24.3 Å². The second kappa shape index (κ2) is 11.5. The monoisotopic (exact) mass is 472 g/mol. The Balaban J connectivity index is 1.68. The van der Waals surface area contributed by atoms with Crippen LogP contribution in [0.1, 0.15) is 18.3 Å². The number of carbonyl (C=O) groups excluding carboxylic acids is 1. The molecule has 0 radical (unpaired) electrons. The molecule has 176 valence electrons. The van der Waals surface area contributed by atoms with E-state index in [2.05, 4.69) is 15.5 Å². The average Bonchev–Trinajstić information content (AvgIpc) is 3.23. The minimum Gasteiger partial charge on any atom is -0.497 e. The number of ether oxygens (including phenoxy) is 4. The highest BCUT2D eigenvalue weighted by Crippen LogP contribution is 2.30. The standard InChI is InChI=1S/C23H28N4O5S/c1-6-27-21(12-15-7-9-19(31-4)20(11-15)32-5)25-26-23(27)33-14-22(28)24-17-13-16(29-2)8-10-18(17)30-3/h7-11,13H,6,12,14H2,1-5H3,(H,24,28). The van der Waals surface area contributed by atoms with E-state index in [1.807, 2.05) is 29.7 Å². The summed E-state index contributed by atoms with van der Waals surface area (Å²) < 4.78 is 23.2. The van der Waals surface area contributed by atoms with Crippen molar-refractivity contribution in [3.8, 4) is 23.0 Å². The fourth-order valence-electron chi connectivity index (χ4n) is 3.28. The zero-order valence-electron chi connectivity index (χ0n) is 19.4. The zero-order chi connectivity index (χ0) is 23.8. The molecular weight excluding hydrogens is 444 g/mol. The molecule has 0 bridgehead atoms. The molecule has 10 heteroatoms. The van der Waals surface area contributed by atoms with Gasteiger partial charge >= 0.3 is 0 Å². The molecule has 0 fully saturated rings. The smallest absolute Gasteiger partial charge is 0.234 e. The summed E-state index contributed by atoms with van der Waals surface area (Å²) in [5.74, 6) is 3.33. The second-order valence-electron chi connectivity index (χ2n) is 6.91. The van der Waals surface area contributed by atoms with Crippen molar-refractivity contribution in [1.29, 1.82) is 0 Å². The maximum absolute atomic E-state index is 12.6. The molecule has 9 nitrogen and oxygen atoms in total. The lowest BCUT2D eigenvalue weighted by molar-refractivity contribution is -0.113. The number of nitrogens with zero attached hydrogens (tertiary/aromatic N) is 3. The third-order valence-electron chi connectivity index (χ3n) is 4.93. The largest absolute Gasteiger partial charge is 0.497 e. The molecule has 1 amide bonds. The molecule has 0 saturated heterocycles. The maximum Gasteiger partial charge on any atom is 0.234 e. The third kappa shape index (κ3) is 5.89. The summed E-state index contributed by atoms with van der Waals surface area (Å²) in [6.07, 6.45) is 0.578. The van der Waals surface area contributed by atoms with Gasteiger partial charge < -0.3 is 28.8 Å². The summed E-state index contributed by atoms with van der Waals surface area (Å²) in [4.78, 5) is 12.6. The lowest BCUT2D eigenvalue weighted by Gasteiger charge is -2.12. The van der Waals surface area contributed by atoms with Crippen LogP contribution in [0, 0.1) is 0 Å². The van der Waals surface area contributed by atoms with E-state index in [4.69, 9.17) is 18.9 Å². The van der Waals surface area contributed by atoms with Gasteiger partial charge in [-0.25, -0.2) is 0 Å². The Bertz CT molecular complexity index is 1100. The topological polar surface area (TPSA) is 96.7 Å². The minimum absolute atomic E-state index is 0.175. The Morgan fingerprint density at radius 1 is 0.939 bits per heavy atom. The normalized spacial score (nSPS) is 10.6. The lowest BCUT2D eigenvalue weighted by Crippen LogP contribution is -2.15. The number of hydrogen-bond acceptors (Lipinski definition) is 8.